The maximum absolute atomic E-state index is 5.44. The van der Waals surface area contributed by atoms with Gasteiger partial charge in [0.05, 0.1) is 0 Å². The van der Waals surface area contributed by atoms with Gasteiger partial charge in [0.25, 0.3) is 4.84 Å². The van der Waals surface area contributed by atoms with Gasteiger partial charge in [-0.3, -0.25) is 0 Å². The molecule has 0 aliphatic carbocycles. The van der Waals surface area contributed by atoms with E-state index in [-0.39, 0.29) is 4.84 Å². The predicted octanol–water partition coefficient (Wildman–Crippen LogP) is 4.97. The highest BCUT2D eigenvalue weighted by molar-refractivity contribution is 7.71. The molecule has 0 fully saturated rings. The molecule has 1 N–H and O–H groups in total. The Kier molecular flexibility index (Phi) is 5.55. The summed E-state index contributed by atoms with van der Waals surface area (Å²) in [5.41, 5.74) is 7.42. The smallest absolute Gasteiger partial charge is 0.284 e. The number of H-pyrrole nitrogens is 1. The molecule has 2 heterocycles. The molecule has 30 heavy (non-hydrogen) atoms. The Balaban J connectivity index is 1.56. The summed E-state index contributed by atoms with van der Waals surface area (Å²) in [7, 11) is 0. The lowest BCUT2D eigenvalue weighted by Crippen LogP contribution is -2.03. The molecular formula is C24H20N4OS. The summed E-state index contributed by atoms with van der Waals surface area (Å²) in [4.78, 5) is 9.48. The van der Waals surface area contributed by atoms with Crippen molar-refractivity contribution in [3.63, 3.8) is 0 Å². The number of aryl methyl sites for hydroxylation is 2. The number of hydrogen-bond donors (Lipinski definition) is 1. The minimum atomic E-state index is 0.270. The number of hydrogen-bond acceptors (Lipinski definition) is 5. The van der Waals surface area contributed by atoms with Crippen LogP contribution < -0.4 is 0 Å². The minimum Gasteiger partial charge on any atom is -0.409 e. The van der Waals surface area contributed by atoms with Gasteiger partial charge in [-0.1, -0.05) is 18.1 Å². The van der Waals surface area contributed by atoms with Crippen LogP contribution in [0.25, 0.3) is 11.5 Å². The molecule has 2 aromatic heterocycles. The van der Waals surface area contributed by atoms with E-state index in [1.807, 2.05) is 36.5 Å². The van der Waals surface area contributed by atoms with Gasteiger partial charge in [0, 0.05) is 35.9 Å². The molecule has 0 saturated heterocycles. The Morgan fingerprint density at radius 1 is 1.07 bits per heavy atom. The number of nitrogens with zero attached hydrogens (tertiary/aromatic N) is 3. The minimum absolute atomic E-state index is 0.270. The Morgan fingerprint density at radius 2 is 1.80 bits per heavy atom. The molecule has 0 atom stereocenters. The van der Waals surface area contributed by atoms with E-state index in [1.165, 1.54) is 5.56 Å². The largest absolute Gasteiger partial charge is 0.409 e. The Hall–Kier alpha value is -3.56. The topological polar surface area (TPSA) is 67.6 Å². The Morgan fingerprint density at radius 3 is 2.43 bits per heavy atom. The first kappa shape index (κ1) is 19.7. The van der Waals surface area contributed by atoms with E-state index >= 15 is 0 Å². The summed E-state index contributed by atoms with van der Waals surface area (Å²) < 4.78 is 5.44. The quantitative estimate of drug-likeness (QED) is 0.370. The van der Waals surface area contributed by atoms with Crippen LogP contribution >= 0.6 is 12.2 Å². The highest BCUT2D eigenvalue weighted by Gasteiger charge is 2.12. The molecule has 0 spiro atoms. The third kappa shape index (κ3) is 4.37. The highest BCUT2D eigenvalue weighted by Crippen LogP contribution is 2.25. The zero-order valence-electron chi connectivity index (χ0n) is 16.8. The predicted molar refractivity (Wildman–Crippen MR) is 119 cm³/mol. The van der Waals surface area contributed by atoms with Gasteiger partial charge >= 0.3 is 0 Å². The lowest BCUT2D eigenvalue weighted by atomic mass is 9.95. The molecule has 0 bridgehead atoms. The number of rotatable bonds is 5. The number of aromatic amines is 1. The fraction of sp³-hybridized carbons (Fsp3) is 0.167. The third-order valence-electron chi connectivity index (χ3n) is 4.98. The molecule has 0 amide bonds. The van der Waals surface area contributed by atoms with Crippen molar-refractivity contribution in [2.24, 2.45) is 0 Å². The summed E-state index contributed by atoms with van der Waals surface area (Å²) in [6.07, 6.45) is 8.64. The number of nitrogens with one attached hydrogen (secondary N) is 1. The molecule has 0 unspecified atom stereocenters. The standard InChI is InChI=1S/C24H20N4OS/c1-4-17-5-7-18(8-6-17)13-22-25-10-9-20(26-22)14-21-15(2)11-19(12-16(21)3)23-27-28-24(30)29-23/h1,5-12H,13-14H2,2-3H3,(H,28,30). The highest BCUT2D eigenvalue weighted by atomic mass is 32.1. The molecule has 5 nitrogen and oxygen atoms in total. The van der Waals surface area contributed by atoms with E-state index in [1.54, 1.807) is 0 Å². The van der Waals surface area contributed by atoms with Crippen LogP contribution in [0, 0.1) is 31.0 Å². The van der Waals surface area contributed by atoms with E-state index in [0.717, 1.165) is 45.8 Å². The van der Waals surface area contributed by atoms with Crippen LogP contribution in [0.15, 0.2) is 53.1 Å². The first-order valence-electron chi connectivity index (χ1n) is 9.54. The summed E-state index contributed by atoms with van der Waals surface area (Å²) in [5, 5.41) is 6.78. The zero-order valence-corrected chi connectivity index (χ0v) is 17.6. The number of terminal acetylenes is 1. The first-order valence-corrected chi connectivity index (χ1v) is 9.95. The van der Waals surface area contributed by atoms with Gasteiger partial charge in [-0.2, -0.15) is 0 Å². The van der Waals surface area contributed by atoms with Gasteiger partial charge in [0.15, 0.2) is 0 Å². The summed E-state index contributed by atoms with van der Waals surface area (Å²) in [5.74, 6) is 3.92. The summed E-state index contributed by atoms with van der Waals surface area (Å²) in [6, 6.07) is 14.0. The van der Waals surface area contributed by atoms with Crippen LogP contribution in [0.4, 0.5) is 0 Å². The zero-order chi connectivity index (χ0) is 21.1. The van der Waals surface area contributed by atoms with Crippen LogP contribution in [0.1, 0.15) is 39.3 Å². The SMILES string of the molecule is C#Cc1ccc(Cc2nccc(Cc3c(C)cc(-c4n[nH]c(=S)o4)cc3C)n2)cc1. The van der Waals surface area contributed by atoms with E-state index in [2.05, 4.69) is 47.1 Å². The fourth-order valence-corrected chi connectivity index (χ4v) is 3.58. The molecular weight excluding hydrogens is 392 g/mol. The molecule has 4 aromatic rings. The monoisotopic (exact) mass is 412 g/mol. The molecule has 0 saturated carbocycles. The lowest BCUT2D eigenvalue weighted by molar-refractivity contribution is 0.552. The molecule has 4 rings (SSSR count). The molecule has 148 valence electrons. The normalized spacial score (nSPS) is 10.7. The average Bonchev–Trinajstić information content (AvgIpc) is 3.18. The fourth-order valence-electron chi connectivity index (χ4n) is 3.46. The molecule has 2 aromatic carbocycles. The van der Waals surface area contributed by atoms with Crippen LogP contribution in [-0.4, -0.2) is 20.2 Å². The van der Waals surface area contributed by atoms with Crippen LogP contribution in [0.3, 0.4) is 0 Å². The van der Waals surface area contributed by atoms with Gasteiger partial charge in [0.1, 0.15) is 5.82 Å². The molecule has 0 aliphatic heterocycles. The van der Waals surface area contributed by atoms with Crippen LogP contribution in [0.5, 0.6) is 0 Å². The van der Waals surface area contributed by atoms with Gasteiger partial charge in [0.2, 0.25) is 5.89 Å². The maximum Gasteiger partial charge on any atom is 0.284 e. The second kappa shape index (κ2) is 8.44. The van der Waals surface area contributed by atoms with Crippen LogP contribution in [0.2, 0.25) is 0 Å². The van der Waals surface area contributed by atoms with Crippen molar-refractivity contribution in [1.82, 2.24) is 20.2 Å². The molecule has 0 aliphatic rings. The van der Waals surface area contributed by atoms with Crippen molar-refractivity contribution >= 4 is 12.2 Å². The first-order chi connectivity index (χ1) is 14.5. The van der Waals surface area contributed by atoms with Crippen molar-refractivity contribution in [2.75, 3.05) is 0 Å². The van der Waals surface area contributed by atoms with Crippen molar-refractivity contribution < 1.29 is 4.42 Å². The molecule has 0 radical (unpaired) electrons. The summed E-state index contributed by atoms with van der Waals surface area (Å²) >= 11 is 4.97. The Labute approximate surface area is 180 Å². The molecule has 6 heteroatoms. The third-order valence-corrected chi connectivity index (χ3v) is 5.16. The van der Waals surface area contributed by atoms with E-state index in [0.29, 0.717) is 12.3 Å². The van der Waals surface area contributed by atoms with Gasteiger partial charge in [-0.15, -0.1) is 11.5 Å². The van der Waals surface area contributed by atoms with Crippen molar-refractivity contribution in [3.05, 3.63) is 92.8 Å². The van der Waals surface area contributed by atoms with Gasteiger partial charge < -0.3 is 4.42 Å². The number of aromatic nitrogens is 4. The summed E-state index contributed by atoms with van der Waals surface area (Å²) in [6.45, 7) is 4.17. The van der Waals surface area contributed by atoms with Crippen LogP contribution in [-0.2, 0) is 12.8 Å². The van der Waals surface area contributed by atoms with Gasteiger partial charge in [-0.25, -0.2) is 15.1 Å². The maximum atomic E-state index is 5.44. The van der Waals surface area contributed by atoms with Crippen molar-refractivity contribution in [3.8, 4) is 23.8 Å². The van der Waals surface area contributed by atoms with Gasteiger partial charge in [-0.05, 0) is 78.7 Å². The van der Waals surface area contributed by atoms with E-state index < -0.39 is 0 Å². The Bertz CT molecular complexity index is 1270. The van der Waals surface area contributed by atoms with E-state index in [4.69, 9.17) is 28.0 Å². The second-order valence-electron chi connectivity index (χ2n) is 7.17. The van der Waals surface area contributed by atoms with Crippen molar-refractivity contribution in [2.45, 2.75) is 26.7 Å². The van der Waals surface area contributed by atoms with E-state index in [9.17, 15) is 0 Å². The second-order valence-corrected chi connectivity index (χ2v) is 7.54. The lowest BCUT2D eigenvalue weighted by Gasteiger charge is -2.12. The average molecular weight is 413 g/mol. The number of benzene rings is 2. The van der Waals surface area contributed by atoms with Crippen molar-refractivity contribution in [1.29, 1.82) is 0 Å².